The maximum atomic E-state index is 10.2. The van der Waals surface area contributed by atoms with E-state index in [9.17, 15) is 4.57 Å². The Kier molecular flexibility index (Phi) is 5.25. The highest BCUT2D eigenvalue weighted by Gasteiger charge is 1.96. The highest BCUT2D eigenvalue weighted by Crippen LogP contribution is 2.23. The first-order valence-corrected chi connectivity index (χ1v) is 5.24. The first kappa shape index (κ1) is 9.28. The largest absolute Gasteiger partial charge is 0.346 e. The second-order valence-electron chi connectivity index (χ2n) is 1.54. The van der Waals surface area contributed by atoms with E-state index in [0.29, 0.717) is 0 Å². The summed E-state index contributed by atoms with van der Waals surface area (Å²) in [6.07, 6.45) is 0.267. The van der Waals surface area contributed by atoms with Crippen molar-refractivity contribution in [1.82, 2.24) is 0 Å². The third-order valence-electron chi connectivity index (χ3n) is 0.697. The molecule has 0 aliphatic heterocycles. The minimum absolute atomic E-state index is 0.267. The molecule has 0 heterocycles. The summed E-state index contributed by atoms with van der Waals surface area (Å²) in [5, 5.41) is 0. The summed E-state index contributed by atoms with van der Waals surface area (Å²) < 4.78 is 10.2. The molecule has 0 aliphatic rings. The first-order chi connectivity index (χ1) is 4.16. The van der Waals surface area contributed by atoms with Crippen LogP contribution in [0.1, 0.15) is 6.92 Å². The van der Waals surface area contributed by atoms with Gasteiger partial charge in [0, 0.05) is 0 Å². The summed E-state index contributed by atoms with van der Waals surface area (Å²) in [6.45, 7) is 5.60. The van der Waals surface area contributed by atoms with E-state index < -0.39 is 8.03 Å². The summed E-state index contributed by atoms with van der Waals surface area (Å²) in [6, 6.07) is 0. The van der Waals surface area contributed by atoms with E-state index in [1.54, 1.807) is 0 Å². The molecule has 0 saturated carbocycles. The number of hydrogen-bond acceptors (Lipinski definition) is 2. The molecule has 0 aromatic carbocycles. The van der Waals surface area contributed by atoms with Crippen LogP contribution in [0.4, 0.5) is 0 Å². The molecule has 1 unspecified atom stereocenters. The Morgan fingerprint density at radius 3 is 2.78 bits per heavy atom. The Labute approximate surface area is 60.2 Å². The molecule has 0 spiro atoms. The quantitative estimate of drug-likeness (QED) is 0.646. The standard InChI is InChI=1S/C5H11O2PS/c1-3-9-5(2)4-8(6)7/h8H,2-4H2,1H3,(H,6,7). The Morgan fingerprint density at radius 1 is 1.89 bits per heavy atom. The van der Waals surface area contributed by atoms with Crippen molar-refractivity contribution in [3.63, 3.8) is 0 Å². The van der Waals surface area contributed by atoms with Crippen molar-refractivity contribution in [2.24, 2.45) is 0 Å². The van der Waals surface area contributed by atoms with Gasteiger partial charge in [0.2, 0.25) is 0 Å². The molecule has 4 heteroatoms. The van der Waals surface area contributed by atoms with Crippen molar-refractivity contribution in [2.75, 3.05) is 11.9 Å². The molecule has 0 aliphatic carbocycles. The van der Waals surface area contributed by atoms with Crippen LogP contribution in [0.5, 0.6) is 0 Å². The second-order valence-corrected chi connectivity index (χ2v) is 4.13. The van der Waals surface area contributed by atoms with Crippen LogP contribution in [-0.4, -0.2) is 16.8 Å². The van der Waals surface area contributed by atoms with E-state index in [4.69, 9.17) is 4.89 Å². The first-order valence-electron chi connectivity index (χ1n) is 2.69. The third-order valence-corrected chi connectivity index (χ3v) is 2.52. The lowest BCUT2D eigenvalue weighted by Crippen LogP contribution is -1.78. The summed E-state index contributed by atoms with van der Waals surface area (Å²) in [7, 11) is -2.33. The lowest BCUT2D eigenvalue weighted by molar-refractivity contribution is 0.506. The van der Waals surface area contributed by atoms with Crippen LogP contribution in [0.25, 0.3) is 0 Å². The fourth-order valence-electron chi connectivity index (χ4n) is 0.424. The zero-order valence-corrected chi connectivity index (χ0v) is 7.20. The Bertz CT molecular complexity index is 124. The number of thioether (sulfide) groups is 1. The Hall–Kier alpha value is 0.280. The molecular weight excluding hydrogens is 155 g/mol. The topological polar surface area (TPSA) is 37.3 Å². The van der Waals surface area contributed by atoms with Gasteiger partial charge in [0.05, 0.1) is 6.16 Å². The SMILES string of the molecule is C=C(C[PH](=O)O)SCC. The summed E-state index contributed by atoms with van der Waals surface area (Å²) >= 11 is 1.53. The lowest BCUT2D eigenvalue weighted by Gasteiger charge is -1.97. The van der Waals surface area contributed by atoms with Crippen LogP contribution in [0.2, 0.25) is 0 Å². The van der Waals surface area contributed by atoms with Crippen molar-refractivity contribution in [1.29, 1.82) is 0 Å². The van der Waals surface area contributed by atoms with Gasteiger partial charge in [0.15, 0.2) is 8.03 Å². The molecule has 0 radical (unpaired) electrons. The van der Waals surface area contributed by atoms with Gasteiger partial charge < -0.3 is 4.89 Å². The Balaban J connectivity index is 3.39. The predicted molar refractivity (Wildman–Crippen MR) is 43.4 cm³/mol. The van der Waals surface area contributed by atoms with E-state index in [-0.39, 0.29) is 6.16 Å². The van der Waals surface area contributed by atoms with Gasteiger partial charge in [-0.1, -0.05) is 13.5 Å². The van der Waals surface area contributed by atoms with E-state index in [1.807, 2.05) is 6.92 Å². The highest BCUT2D eigenvalue weighted by molar-refractivity contribution is 8.03. The monoisotopic (exact) mass is 166 g/mol. The average molecular weight is 166 g/mol. The molecule has 1 atom stereocenters. The van der Waals surface area contributed by atoms with Gasteiger partial charge in [0.1, 0.15) is 0 Å². The Morgan fingerprint density at radius 2 is 2.44 bits per heavy atom. The zero-order valence-electron chi connectivity index (χ0n) is 5.39. The highest BCUT2D eigenvalue weighted by atomic mass is 32.2. The van der Waals surface area contributed by atoms with Crippen LogP contribution >= 0.6 is 19.8 Å². The van der Waals surface area contributed by atoms with Gasteiger partial charge in [-0.3, -0.25) is 4.57 Å². The van der Waals surface area contributed by atoms with Gasteiger partial charge >= 0.3 is 0 Å². The third kappa shape index (κ3) is 6.16. The molecule has 9 heavy (non-hydrogen) atoms. The zero-order chi connectivity index (χ0) is 7.28. The van der Waals surface area contributed by atoms with E-state index in [0.717, 1.165) is 10.7 Å². The molecule has 0 saturated heterocycles. The molecule has 0 rings (SSSR count). The fourth-order valence-corrected chi connectivity index (χ4v) is 1.95. The van der Waals surface area contributed by atoms with Gasteiger partial charge in [-0.25, -0.2) is 0 Å². The van der Waals surface area contributed by atoms with Crippen LogP contribution in [0.15, 0.2) is 11.5 Å². The number of hydrogen-bond donors (Lipinski definition) is 1. The average Bonchev–Trinajstić information content (AvgIpc) is 1.63. The molecule has 0 bridgehead atoms. The fraction of sp³-hybridized carbons (Fsp3) is 0.600. The van der Waals surface area contributed by atoms with Gasteiger partial charge in [0.25, 0.3) is 0 Å². The summed E-state index contributed by atoms with van der Waals surface area (Å²) in [5.41, 5.74) is 0. The van der Waals surface area contributed by atoms with Crippen molar-refractivity contribution in [3.05, 3.63) is 11.5 Å². The lowest BCUT2D eigenvalue weighted by atomic mass is 10.7. The van der Waals surface area contributed by atoms with Gasteiger partial charge in [-0.15, -0.1) is 11.8 Å². The molecule has 0 amide bonds. The van der Waals surface area contributed by atoms with Crippen LogP contribution in [0, 0.1) is 0 Å². The number of rotatable bonds is 4. The molecule has 0 fully saturated rings. The number of allylic oxidation sites excluding steroid dienone is 1. The molecule has 2 nitrogen and oxygen atoms in total. The van der Waals surface area contributed by atoms with Gasteiger partial charge in [-0.2, -0.15) is 0 Å². The maximum Gasteiger partial charge on any atom is 0.193 e. The predicted octanol–water partition coefficient (Wildman–Crippen LogP) is 1.72. The van der Waals surface area contributed by atoms with E-state index >= 15 is 0 Å². The van der Waals surface area contributed by atoms with Crippen molar-refractivity contribution >= 4 is 19.8 Å². The molecular formula is C5H11O2PS. The summed E-state index contributed by atoms with van der Waals surface area (Å²) in [5.74, 6) is 0.925. The summed E-state index contributed by atoms with van der Waals surface area (Å²) in [4.78, 5) is 9.23. The molecule has 1 N–H and O–H groups in total. The molecule has 54 valence electrons. The normalized spacial score (nSPS) is 13.1. The van der Waals surface area contributed by atoms with E-state index in [1.165, 1.54) is 11.8 Å². The van der Waals surface area contributed by atoms with Crippen molar-refractivity contribution in [2.45, 2.75) is 6.92 Å². The second kappa shape index (κ2) is 5.10. The van der Waals surface area contributed by atoms with Crippen molar-refractivity contribution < 1.29 is 9.46 Å². The minimum atomic E-state index is -2.33. The molecule has 0 aromatic heterocycles. The van der Waals surface area contributed by atoms with Gasteiger partial charge in [-0.05, 0) is 10.7 Å². The smallest absolute Gasteiger partial charge is 0.193 e. The maximum absolute atomic E-state index is 10.2. The van der Waals surface area contributed by atoms with E-state index in [2.05, 4.69) is 6.58 Å². The molecule has 0 aromatic rings. The van der Waals surface area contributed by atoms with Crippen LogP contribution in [0.3, 0.4) is 0 Å². The minimum Gasteiger partial charge on any atom is -0.346 e. The van der Waals surface area contributed by atoms with Crippen LogP contribution < -0.4 is 0 Å². The van der Waals surface area contributed by atoms with Crippen LogP contribution in [-0.2, 0) is 4.57 Å². The van der Waals surface area contributed by atoms with Crippen molar-refractivity contribution in [3.8, 4) is 0 Å².